The van der Waals surface area contributed by atoms with Crippen molar-refractivity contribution in [1.82, 2.24) is 10.2 Å². The molecule has 1 aliphatic heterocycles. The van der Waals surface area contributed by atoms with Gasteiger partial charge in [-0.2, -0.15) is 0 Å². The third-order valence-corrected chi connectivity index (χ3v) is 5.34. The van der Waals surface area contributed by atoms with Crippen LogP contribution in [-0.4, -0.2) is 49.1 Å². The quantitative estimate of drug-likeness (QED) is 0.757. The second-order valence-corrected chi connectivity index (χ2v) is 7.34. The summed E-state index contributed by atoms with van der Waals surface area (Å²) in [6.45, 7) is 2.48. The van der Waals surface area contributed by atoms with Crippen molar-refractivity contribution in [3.63, 3.8) is 0 Å². The van der Waals surface area contributed by atoms with Crippen molar-refractivity contribution >= 4 is 11.8 Å². The van der Waals surface area contributed by atoms with Crippen LogP contribution in [0.3, 0.4) is 0 Å². The Balaban J connectivity index is 1.34. The largest absolute Gasteiger partial charge is 0.459 e. The lowest BCUT2D eigenvalue weighted by Gasteiger charge is -2.31. The molecule has 1 saturated carbocycles. The van der Waals surface area contributed by atoms with Crippen LogP contribution in [0, 0.1) is 5.92 Å². The Labute approximate surface area is 155 Å². The van der Waals surface area contributed by atoms with Gasteiger partial charge in [0, 0.05) is 26.2 Å². The number of carbonyl (C=O) groups is 2. The van der Waals surface area contributed by atoms with Crippen molar-refractivity contribution in [2.45, 2.75) is 57.5 Å². The first-order valence-corrected chi connectivity index (χ1v) is 9.96. The Morgan fingerprint density at radius 1 is 1.19 bits per heavy atom. The second-order valence-electron chi connectivity index (χ2n) is 7.34. The van der Waals surface area contributed by atoms with Gasteiger partial charge in [0.1, 0.15) is 0 Å². The lowest BCUT2D eigenvalue weighted by molar-refractivity contribution is -0.126. The summed E-state index contributed by atoms with van der Waals surface area (Å²) in [5.41, 5.74) is 0. The molecule has 0 spiro atoms. The van der Waals surface area contributed by atoms with E-state index in [1.54, 1.807) is 17.0 Å². The minimum Gasteiger partial charge on any atom is -0.459 e. The van der Waals surface area contributed by atoms with E-state index in [-0.39, 0.29) is 17.7 Å². The molecule has 2 amide bonds. The van der Waals surface area contributed by atoms with Gasteiger partial charge in [0.05, 0.1) is 18.3 Å². The number of rotatable bonds is 7. The Kier molecular flexibility index (Phi) is 7.12. The van der Waals surface area contributed by atoms with E-state index in [0.717, 1.165) is 19.3 Å². The fraction of sp³-hybridized carbons (Fsp3) is 0.700. The fourth-order valence-electron chi connectivity index (χ4n) is 3.84. The number of piperidine rings is 1. The summed E-state index contributed by atoms with van der Waals surface area (Å²) in [7, 11) is 0. The summed E-state index contributed by atoms with van der Waals surface area (Å²) in [5.74, 6) is 0.112. The zero-order valence-electron chi connectivity index (χ0n) is 15.5. The predicted molar refractivity (Wildman–Crippen MR) is 97.8 cm³/mol. The number of ether oxygens (including phenoxy) is 1. The van der Waals surface area contributed by atoms with E-state index >= 15 is 0 Å². The number of amides is 2. The molecule has 0 bridgehead atoms. The number of hydrogen-bond acceptors (Lipinski definition) is 4. The lowest BCUT2D eigenvalue weighted by Crippen LogP contribution is -2.45. The van der Waals surface area contributed by atoms with Gasteiger partial charge in [-0.05, 0) is 44.2 Å². The van der Waals surface area contributed by atoms with Crippen molar-refractivity contribution in [2.75, 3.05) is 26.2 Å². The summed E-state index contributed by atoms with van der Waals surface area (Å²) < 4.78 is 11.1. The van der Waals surface area contributed by atoms with Gasteiger partial charge < -0.3 is 19.4 Å². The maximum absolute atomic E-state index is 12.4. The summed E-state index contributed by atoms with van der Waals surface area (Å²) >= 11 is 0. The van der Waals surface area contributed by atoms with Crippen LogP contribution in [0.2, 0.25) is 0 Å². The Morgan fingerprint density at radius 2 is 2.04 bits per heavy atom. The molecule has 1 N–H and O–H groups in total. The van der Waals surface area contributed by atoms with Crippen LogP contribution in [-0.2, 0) is 9.53 Å². The maximum atomic E-state index is 12.4. The van der Waals surface area contributed by atoms with Gasteiger partial charge in [0.25, 0.3) is 5.91 Å². The summed E-state index contributed by atoms with van der Waals surface area (Å²) in [6, 6.07) is 3.37. The zero-order chi connectivity index (χ0) is 18.2. The maximum Gasteiger partial charge on any atom is 0.289 e. The first-order valence-electron chi connectivity index (χ1n) is 9.96. The number of nitrogens with zero attached hydrogens (tertiary/aromatic N) is 1. The van der Waals surface area contributed by atoms with Crippen molar-refractivity contribution in [3.05, 3.63) is 24.2 Å². The number of hydrogen-bond donors (Lipinski definition) is 1. The minimum atomic E-state index is -0.137. The first-order chi connectivity index (χ1) is 12.7. The molecule has 2 aliphatic rings. The van der Waals surface area contributed by atoms with Crippen molar-refractivity contribution < 1.29 is 18.7 Å². The molecule has 0 unspecified atom stereocenters. The molecule has 0 radical (unpaired) electrons. The minimum absolute atomic E-state index is 0.0413. The van der Waals surface area contributed by atoms with E-state index in [4.69, 9.17) is 9.15 Å². The number of furan rings is 1. The highest BCUT2D eigenvalue weighted by molar-refractivity contribution is 5.92. The third-order valence-electron chi connectivity index (χ3n) is 5.34. The highest BCUT2D eigenvalue weighted by Crippen LogP contribution is 2.21. The fourth-order valence-corrected chi connectivity index (χ4v) is 3.84. The van der Waals surface area contributed by atoms with Crippen LogP contribution in [0.15, 0.2) is 22.8 Å². The van der Waals surface area contributed by atoms with Crippen LogP contribution in [0.25, 0.3) is 0 Å². The van der Waals surface area contributed by atoms with Gasteiger partial charge in [-0.3, -0.25) is 9.59 Å². The van der Waals surface area contributed by atoms with Gasteiger partial charge in [-0.25, -0.2) is 0 Å². The Morgan fingerprint density at radius 3 is 2.81 bits per heavy atom. The number of likely N-dealkylation sites (tertiary alicyclic amines) is 1. The van der Waals surface area contributed by atoms with Gasteiger partial charge in [-0.15, -0.1) is 0 Å². The van der Waals surface area contributed by atoms with E-state index in [1.807, 2.05) is 0 Å². The van der Waals surface area contributed by atoms with Crippen LogP contribution in [0.5, 0.6) is 0 Å². The average Bonchev–Trinajstić information content (AvgIpc) is 3.23. The zero-order valence-corrected chi connectivity index (χ0v) is 15.5. The molecular formula is C20H30N2O4. The second kappa shape index (κ2) is 9.76. The molecule has 26 heavy (non-hydrogen) atoms. The van der Waals surface area contributed by atoms with Crippen LogP contribution in [0.1, 0.15) is 61.9 Å². The van der Waals surface area contributed by atoms with Crippen molar-refractivity contribution in [3.8, 4) is 0 Å². The normalized spacial score (nSPS) is 21.5. The predicted octanol–water partition coefficient (Wildman–Crippen LogP) is 2.99. The van der Waals surface area contributed by atoms with Gasteiger partial charge in [-0.1, -0.05) is 19.3 Å². The van der Waals surface area contributed by atoms with Crippen molar-refractivity contribution in [2.24, 2.45) is 5.92 Å². The summed E-state index contributed by atoms with van der Waals surface area (Å²) in [6.07, 6.45) is 10.6. The standard InChI is InChI=1S/C20H30N2O4/c23-19(21-11-6-14-25-17-8-2-1-3-9-17)16-7-4-12-22(15-16)20(24)18-10-5-13-26-18/h5,10,13,16-17H,1-4,6-9,11-12,14-15H2,(H,21,23)/t16-/m1/s1. The van der Waals surface area contributed by atoms with Gasteiger partial charge >= 0.3 is 0 Å². The molecule has 6 heteroatoms. The molecule has 1 aliphatic carbocycles. The molecular weight excluding hydrogens is 332 g/mol. The van der Waals surface area contributed by atoms with E-state index in [1.165, 1.54) is 38.4 Å². The van der Waals surface area contributed by atoms with Crippen LogP contribution < -0.4 is 5.32 Å². The van der Waals surface area contributed by atoms with Crippen molar-refractivity contribution in [1.29, 1.82) is 0 Å². The van der Waals surface area contributed by atoms with E-state index in [0.29, 0.717) is 38.1 Å². The smallest absolute Gasteiger partial charge is 0.289 e. The van der Waals surface area contributed by atoms with Gasteiger partial charge in [0.2, 0.25) is 5.91 Å². The van der Waals surface area contributed by atoms with E-state index in [9.17, 15) is 9.59 Å². The van der Waals surface area contributed by atoms with Crippen LogP contribution in [0.4, 0.5) is 0 Å². The van der Waals surface area contributed by atoms with Gasteiger partial charge in [0.15, 0.2) is 5.76 Å². The van der Waals surface area contributed by atoms with Crippen LogP contribution >= 0.6 is 0 Å². The Bertz CT molecular complexity index is 566. The number of nitrogens with one attached hydrogen (secondary N) is 1. The lowest BCUT2D eigenvalue weighted by atomic mass is 9.97. The highest BCUT2D eigenvalue weighted by Gasteiger charge is 2.29. The first kappa shape index (κ1) is 19.0. The molecule has 1 saturated heterocycles. The molecule has 1 aromatic rings. The molecule has 1 atom stereocenters. The van der Waals surface area contributed by atoms with E-state index in [2.05, 4.69) is 5.32 Å². The Hall–Kier alpha value is -1.82. The highest BCUT2D eigenvalue weighted by atomic mass is 16.5. The summed E-state index contributed by atoms with van der Waals surface area (Å²) in [4.78, 5) is 26.5. The molecule has 3 rings (SSSR count). The monoisotopic (exact) mass is 362 g/mol. The number of carbonyl (C=O) groups excluding carboxylic acids is 2. The SMILES string of the molecule is O=C(NCCCOC1CCCCC1)[C@@H]1CCCN(C(=O)c2ccco2)C1. The topological polar surface area (TPSA) is 71.8 Å². The molecule has 2 fully saturated rings. The molecule has 0 aromatic carbocycles. The molecule has 6 nitrogen and oxygen atoms in total. The molecule has 1 aromatic heterocycles. The van der Waals surface area contributed by atoms with E-state index < -0.39 is 0 Å². The molecule has 144 valence electrons. The third kappa shape index (κ3) is 5.34. The summed E-state index contributed by atoms with van der Waals surface area (Å²) in [5, 5.41) is 3.00. The molecule has 2 heterocycles. The average molecular weight is 362 g/mol.